The molecule has 1 aliphatic heterocycles. The number of Topliss-reactive ketones (excluding diaryl/α,β-unsaturated/α-hetero) is 1. The van der Waals surface area contributed by atoms with E-state index in [1.165, 1.54) is 4.90 Å². The molecule has 0 saturated carbocycles. The molecule has 1 heterocycles. The van der Waals surface area contributed by atoms with Crippen molar-refractivity contribution in [3.05, 3.63) is 71.8 Å². The lowest BCUT2D eigenvalue weighted by Crippen LogP contribution is -2.49. The Morgan fingerprint density at radius 3 is 2.24 bits per heavy atom. The molecule has 1 saturated heterocycles. The smallest absolute Gasteiger partial charge is 0.251 e. The van der Waals surface area contributed by atoms with Gasteiger partial charge in [-0.3, -0.25) is 14.4 Å². The molecule has 1 unspecified atom stereocenters. The van der Waals surface area contributed by atoms with Crippen LogP contribution in [-0.2, 0) is 16.0 Å². The number of amides is 2. The SMILES string of the molecule is O=C1CCN(C(=O)C(Cc2ccccc2)NC(=O)c2ccccc2)C1. The number of nitrogens with one attached hydrogen (secondary N) is 1. The van der Waals surface area contributed by atoms with E-state index >= 15 is 0 Å². The molecule has 2 aromatic carbocycles. The van der Waals surface area contributed by atoms with E-state index in [9.17, 15) is 14.4 Å². The van der Waals surface area contributed by atoms with Crippen LogP contribution in [0, 0.1) is 0 Å². The summed E-state index contributed by atoms with van der Waals surface area (Å²) in [5, 5.41) is 2.83. The fraction of sp³-hybridized carbons (Fsp3) is 0.250. The zero-order chi connectivity index (χ0) is 17.6. The van der Waals surface area contributed by atoms with Crippen LogP contribution in [-0.4, -0.2) is 41.6 Å². The lowest BCUT2D eigenvalue weighted by atomic mass is 10.0. The van der Waals surface area contributed by atoms with Gasteiger partial charge in [-0.25, -0.2) is 0 Å². The molecule has 1 atom stereocenters. The molecule has 0 radical (unpaired) electrons. The van der Waals surface area contributed by atoms with E-state index in [0.29, 0.717) is 24.9 Å². The van der Waals surface area contributed by atoms with Gasteiger partial charge in [0.15, 0.2) is 5.78 Å². The fourth-order valence-corrected chi connectivity index (χ4v) is 2.92. The van der Waals surface area contributed by atoms with Crippen molar-refractivity contribution in [3.8, 4) is 0 Å². The Labute approximate surface area is 146 Å². The molecule has 0 aromatic heterocycles. The summed E-state index contributed by atoms with van der Waals surface area (Å²) in [6.45, 7) is 0.551. The molecule has 5 heteroatoms. The first kappa shape index (κ1) is 16.9. The zero-order valence-corrected chi connectivity index (χ0v) is 13.9. The Kier molecular flexibility index (Phi) is 5.23. The van der Waals surface area contributed by atoms with Gasteiger partial charge in [0.1, 0.15) is 6.04 Å². The predicted molar refractivity (Wildman–Crippen MR) is 94.0 cm³/mol. The van der Waals surface area contributed by atoms with Gasteiger partial charge in [0.2, 0.25) is 5.91 Å². The van der Waals surface area contributed by atoms with E-state index in [-0.39, 0.29) is 24.1 Å². The van der Waals surface area contributed by atoms with Crippen LogP contribution in [0.25, 0.3) is 0 Å². The topological polar surface area (TPSA) is 66.5 Å². The highest BCUT2D eigenvalue weighted by atomic mass is 16.2. The molecule has 0 bridgehead atoms. The largest absolute Gasteiger partial charge is 0.340 e. The van der Waals surface area contributed by atoms with Gasteiger partial charge in [-0.1, -0.05) is 48.5 Å². The molecule has 128 valence electrons. The number of carbonyl (C=O) groups is 3. The summed E-state index contributed by atoms with van der Waals surface area (Å²) < 4.78 is 0. The van der Waals surface area contributed by atoms with Gasteiger partial charge in [0.05, 0.1) is 6.54 Å². The van der Waals surface area contributed by atoms with Gasteiger partial charge < -0.3 is 10.2 Å². The Hall–Kier alpha value is -2.95. The fourth-order valence-electron chi connectivity index (χ4n) is 2.92. The molecule has 0 aliphatic carbocycles. The number of hydrogen-bond donors (Lipinski definition) is 1. The molecule has 2 amide bonds. The number of hydrogen-bond acceptors (Lipinski definition) is 3. The van der Waals surface area contributed by atoms with Crippen LogP contribution >= 0.6 is 0 Å². The third kappa shape index (κ3) is 4.32. The van der Waals surface area contributed by atoms with Crippen molar-refractivity contribution in [2.45, 2.75) is 18.9 Å². The average molecular weight is 336 g/mol. The van der Waals surface area contributed by atoms with Crippen molar-refractivity contribution < 1.29 is 14.4 Å². The summed E-state index contributed by atoms with van der Waals surface area (Å²) in [5.41, 5.74) is 1.46. The number of ketones is 1. The summed E-state index contributed by atoms with van der Waals surface area (Å²) in [5.74, 6) is -0.444. The molecule has 3 rings (SSSR count). The second-order valence-electron chi connectivity index (χ2n) is 6.13. The van der Waals surface area contributed by atoms with E-state index in [2.05, 4.69) is 5.32 Å². The summed E-state index contributed by atoms with van der Waals surface area (Å²) >= 11 is 0. The molecule has 5 nitrogen and oxygen atoms in total. The monoisotopic (exact) mass is 336 g/mol. The highest BCUT2D eigenvalue weighted by Crippen LogP contribution is 2.11. The summed E-state index contributed by atoms with van der Waals surface area (Å²) in [4.78, 5) is 38.3. The standard InChI is InChI=1S/C20H20N2O3/c23-17-11-12-22(14-17)20(25)18(13-15-7-3-1-4-8-15)21-19(24)16-9-5-2-6-10-16/h1-10,18H,11-14H2,(H,21,24). The second-order valence-corrected chi connectivity index (χ2v) is 6.13. The van der Waals surface area contributed by atoms with Crippen molar-refractivity contribution in [1.29, 1.82) is 0 Å². The summed E-state index contributed by atoms with van der Waals surface area (Å²) in [6, 6.07) is 17.7. The number of rotatable bonds is 5. The van der Waals surface area contributed by atoms with Crippen molar-refractivity contribution in [3.63, 3.8) is 0 Å². The van der Waals surface area contributed by atoms with Crippen molar-refractivity contribution >= 4 is 17.6 Å². The highest BCUT2D eigenvalue weighted by molar-refractivity contribution is 5.98. The van der Waals surface area contributed by atoms with Crippen LogP contribution in [0.15, 0.2) is 60.7 Å². The molecule has 1 fully saturated rings. The van der Waals surface area contributed by atoms with Gasteiger partial charge in [-0.05, 0) is 17.7 Å². The maximum absolute atomic E-state index is 12.8. The first-order valence-corrected chi connectivity index (χ1v) is 8.34. The zero-order valence-electron chi connectivity index (χ0n) is 13.9. The molecule has 1 N–H and O–H groups in total. The third-order valence-electron chi connectivity index (χ3n) is 4.26. The Balaban J connectivity index is 1.77. The van der Waals surface area contributed by atoms with Crippen molar-refractivity contribution in [1.82, 2.24) is 10.2 Å². The number of nitrogens with zero attached hydrogens (tertiary/aromatic N) is 1. The quantitative estimate of drug-likeness (QED) is 0.906. The molecule has 1 aliphatic rings. The van der Waals surface area contributed by atoms with Crippen molar-refractivity contribution in [2.75, 3.05) is 13.1 Å². The first-order chi connectivity index (χ1) is 12.1. The van der Waals surface area contributed by atoms with Crippen LogP contribution in [0.2, 0.25) is 0 Å². The van der Waals surface area contributed by atoms with Crippen LogP contribution in [0.4, 0.5) is 0 Å². The highest BCUT2D eigenvalue weighted by Gasteiger charge is 2.31. The maximum Gasteiger partial charge on any atom is 0.251 e. The van der Waals surface area contributed by atoms with Gasteiger partial charge in [-0.2, -0.15) is 0 Å². The summed E-state index contributed by atoms with van der Waals surface area (Å²) in [6.07, 6.45) is 0.777. The third-order valence-corrected chi connectivity index (χ3v) is 4.26. The number of carbonyl (C=O) groups excluding carboxylic acids is 3. The maximum atomic E-state index is 12.8. The average Bonchev–Trinajstić information content (AvgIpc) is 3.08. The van der Waals surface area contributed by atoms with Gasteiger partial charge in [0.25, 0.3) is 5.91 Å². The van der Waals surface area contributed by atoms with E-state index in [1.54, 1.807) is 24.3 Å². The van der Waals surface area contributed by atoms with Gasteiger partial charge >= 0.3 is 0 Å². The van der Waals surface area contributed by atoms with Crippen LogP contribution < -0.4 is 5.32 Å². The molecule has 0 spiro atoms. The van der Waals surface area contributed by atoms with Gasteiger partial charge in [-0.15, -0.1) is 0 Å². The second kappa shape index (κ2) is 7.75. The summed E-state index contributed by atoms with van der Waals surface area (Å²) in [7, 11) is 0. The van der Waals surface area contributed by atoms with E-state index in [0.717, 1.165) is 5.56 Å². The van der Waals surface area contributed by atoms with Crippen LogP contribution in [0.5, 0.6) is 0 Å². The molecular weight excluding hydrogens is 316 g/mol. The lowest BCUT2D eigenvalue weighted by Gasteiger charge is -2.23. The molecule has 2 aromatic rings. The van der Waals surface area contributed by atoms with Crippen molar-refractivity contribution in [2.24, 2.45) is 0 Å². The minimum Gasteiger partial charge on any atom is -0.340 e. The minimum absolute atomic E-state index is 0.0567. The van der Waals surface area contributed by atoms with Crippen LogP contribution in [0.3, 0.4) is 0 Å². The van der Waals surface area contributed by atoms with Gasteiger partial charge in [0, 0.05) is 24.9 Å². The predicted octanol–water partition coefficient (Wildman–Crippen LogP) is 1.83. The minimum atomic E-state index is -0.694. The molecular formula is C20H20N2O3. The Bertz CT molecular complexity index is 759. The Morgan fingerprint density at radius 2 is 1.64 bits per heavy atom. The van der Waals surface area contributed by atoms with E-state index < -0.39 is 6.04 Å². The number of benzene rings is 2. The van der Waals surface area contributed by atoms with Crippen LogP contribution in [0.1, 0.15) is 22.3 Å². The number of likely N-dealkylation sites (tertiary alicyclic amines) is 1. The lowest BCUT2D eigenvalue weighted by molar-refractivity contribution is -0.133. The Morgan fingerprint density at radius 1 is 1.00 bits per heavy atom. The molecule has 25 heavy (non-hydrogen) atoms. The van der Waals surface area contributed by atoms with E-state index in [4.69, 9.17) is 0 Å². The first-order valence-electron chi connectivity index (χ1n) is 8.34. The van der Waals surface area contributed by atoms with E-state index in [1.807, 2.05) is 36.4 Å². The normalized spacial score (nSPS) is 15.0.